The second-order valence-electron chi connectivity index (χ2n) is 10.1. The van der Waals surface area contributed by atoms with E-state index < -0.39 is 5.82 Å². The minimum atomic E-state index is -0.494. The van der Waals surface area contributed by atoms with Crippen LogP contribution < -0.4 is 9.64 Å². The lowest BCUT2D eigenvalue weighted by Crippen LogP contribution is -2.38. The summed E-state index contributed by atoms with van der Waals surface area (Å²) in [5.41, 5.74) is 1.81. The fraction of sp³-hybridized carbons (Fsp3) is 0.444. The average Bonchev–Trinajstić information content (AvgIpc) is 3.55. The van der Waals surface area contributed by atoms with Crippen molar-refractivity contribution in [3.63, 3.8) is 0 Å². The smallest absolute Gasteiger partial charge is 0.324 e. The lowest BCUT2D eigenvalue weighted by atomic mass is 9.92. The Balaban J connectivity index is 1.24. The summed E-state index contributed by atoms with van der Waals surface area (Å²) >= 11 is 1.35. The third kappa shape index (κ3) is 5.33. The summed E-state index contributed by atoms with van der Waals surface area (Å²) in [7, 11) is 3.27. The molecular weight excluding hydrogens is 507 g/mol. The van der Waals surface area contributed by atoms with Gasteiger partial charge in [-0.2, -0.15) is 4.98 Å². The number of thiazole rings is 1. The molecule has 4 aromatic rings. The zero-order valence-corrected chi connectivity index (χ0v) is 23.0. The Bertz CT molecular complexity index is 1440. The molecule has 1 aliphatic heterocycles. The number of nitrogens with zero attached hydrogens (tertiary/aromatic N) is 6. The van der Waals surface area contributed by atoms with Crippen molar-refractivity contribution in [2.24, 2.45) is 5.92 Å². The van der Waals surface area contributed by atoms with Crippen LogP contribution in [0.4, 0.5) is 10.4 Å². The predicted octanol–water partition coefficient (Wildman–Crippen LogP) is 5.39. The van der Waals surface area contributed by atoms with Gasteiger partial charge in [-0.05, 0) is 56.0 Å². The molecule has 1 aromatic carbocycles. The Morgan fingerprint density at radius 2 is 1.89 bits per heavy atom. The van der Waals surface area contributed by atoms with E-state index in [0.29, 0.717) is 44.3 Å². The summed E-state index contributed by atoms with van der Waals surface area (Å²) in [6.07, 6.45) is 1.86. The number of carbonyl (C=O) groups is 1. The number of halogens is 1. The zero-order chi connectivity index (χ0) is 27.0. The van der Waals surface area contributed by atoms with Crippen molar-refractivity contribution in [3.05, 3.63) is 47.5 Å². The van der Waals surface area contributed by atoms with Crippen molar-refractivity contribution in [1.29, 1.82) is 0 Å². The molecule has 9 nitrogen and oxygen atoms in total. The van der Waals surface area contributed by atoms with E-state index in [0.717, 1.165) is 31.8 Å². The van der Waals surface area contributed by atoms with Crippen LogP contribution in [0.25, 0.3) is 21.6 Å². The molecule has 0 spiro atoms. The second kappa shape index (κ2) is 10.6. The van der Waals surface area contributed by atoms with Crippen molar-refractivity contribution in [2.45, 2.75) is 45.6 Å². The Kier molecular flexibility index (Phi) is 7.29. The molecule has 5 rings (SSSR count). The van der Waals surface area contributed by atoms with E-state index in [1.54, 1.807) is 32.3 Å². The van der Waals surface area contributed by atoms with E-state index in [-0.39, 0.29) is 17.9 Å². The summed E-state index contributed by atoms with van der Waals surface area (Å²) < 4.78 is 26.5. The number of anilines is 1. The highest BCUT2D eigenvalue weighted by atomic mass is 32.1. The lowest BCUT2D eigenvalue weighted by Gasteiger charge is -2.33. The molecule has 1 amide bonds. The Labute approximate surface area is 224 Å². The summed E-state index contributed by atoms with van der Waals surface area (Å²) in [6, 6.07) is 8.59. The maximum absolute atomic E-state index is 14.9. The van der Waals surface area contributed by atoms with Crippen LogP contribution in [0.5, 0.6) is 5.19 Å². The molecule has 38 heavy (non-hydrogen) atoms. The number of pyridine rings is 1. The first-order chi connectivity index (χ1) is 18.2. The molecule has 1 aliphatic rings. The monoisotopic (exact) mass is 538 g/mol. The first-order valence-corrected chi connectivity index (χ1v) is 13.6. The van der Waals surface area contributed by atoms with Gasteiger partial charge in [-0.25, -0.2) is 14.4 Å². The summed E-state index contributed by atoms with van der Waals surface area (Å²) in [5, 5.41) is 4.61. The highest BCUT2D eigenvalue weighted by Gasteiger charge is 2.28. The van der Waals surface area contributed by atoms with Gasteiger partial charge in [-0.1, -0.05) is 30.3 Å². The third-order valence-electron chi connectivity index (χ3n) is 6.84. The molecule has 0 bridgehead atoms. The van der Waals surface area contributed by atoms with Crippen molar-refractivity contribution < 1.29 is 18.4 Å². The first kappa shape index (κ1) is 26.0. The van der Waals surface area contributed by atoms with E-state index in [1.165, 1.54) is 22.3 Å². The number of amides is 1. The van der Waals surface area contributed by atoms with E-state index in [9.17, 15) is 9.18 Å². The van der Waals surface area contributed by atoms with Crippen LogP contribution in [0.2, 0.25) is 0 Å². The van der Waals surface area contributed by atoms with Crippen LogP contribution in [0.15, 0.2) is 34.9 Å². The standard InChI is InChI=1S/C27H31FN6O3S/c1-15(2)23-31-26(37-32-23)34-12-10-17(11-13-34)16(3)36-27-30-22-9-8-21(29-24(22)38-27)19-7-6-18(14-20(19)28)25(35)33(4)5/h6-9,14-17H,10-13H2,1-5H3. The fourth-order valence-corrected chi connectivity index (χ4v) is 5.39. The van der Waals surface area contributed by atoms with Gasteiger partial charge in [-0.15, -0.1) is 0 Å². The number of carbonyl (C=O) groups excluding carboxylic acids is 1. The molecular formula is C27H31FN6O3S. The number of hydrogen-bond donors (Lipinski definition) is 0. The minimum Gasteiger partial charge on any atom is -0.467 e. The minimum absolute atomic E-state index is 0.0229. The lowest BCUT2D eigenvalue weighted by molar-refractivity contribution is 0.0827. The van der Waals surface area contributed by atoms with Crippen LogP contribution >= 0.6 is 11.3 Å². The maximum Gasteiger partial charge on any atom is 0.324 e. The van der Waals surface area contributed by atoms with E-state index >= 15 is 0 Å². The van der Waals surface area contributed by atoms with Crippen molar-refractivity contribution in [3.8, 4) is 16.5 Å². The molecule has 0 aliphatic carbocycles. The molecule has 4 heterocycles. The number of ether oxygens (including phenoxy) is 1. The van der Waals surface area contributed by atoms with Gasteiger partial charge in [-0.3, -0.25) is 4.79 Å². The van der Waals surface area contributed by atoms with Crippen LogP contribution in [-0.4, -0.2) is 64.2 Å². The Morgan fingerprint density at radius 3 is 2.55 bits per heavy atom. The maximum atomic E-state index is 14.9. The van der Waals surface area contributed by atoms with Gasteiger partial charge in [0.2, 0.25) is 0 Å². The highest BCUT2D eigenvalue weighted by Crippen LogP contribution is 2.33. The van der Waals surface area contributed by atoms with Crippen molar-refractivity contribution in [2.75, 3.05) is 32.1 Å². The summed E-state index contributed by atoms with van der Waals surface area (Å²) in [5.74, 6) is 0.581. The van der Waals surface area contributed by atoms with Gasteiger partial charge in [0.25, 0.3) is 11.1 Å². The van der Waals surface area contributed by atoms with Gasteiger partial charge in [0.05, 0.1) is 5.69 Å². The molecule has 0 saturated carbocycles. The summed E-state index contributed by atoms with van der Waals surface area (Å²) in [4.78, 5) is 30.1. The first-order valence-electron chi connectivity index (χ1n) is 12.7. The molecule has 200 valence electrons. The topological polar surface area (TPSA) is 97.5 Å². The molecule has 1 atom stereocenters. The average molecular weight is 539 g/mol. The van der Waals surface area contributed by atoms with Crippen LogP contribution in [0.1, 0.15) is 55.7 Å². The SMILES string of the molecule is CC(C)c1noc(N2CCC(C(C)Oc3nc4ccc(-c5ccc(C(=O)N(C)C)cc5F)nc4s3)CC2)n1. The third-order valence-corrected chi connectivity index (χ3v) is 7.70. The van der Waals surface area contributed by atoms with Gasteiger partial charge >= 0.3 is 6.01 Å². The molecule has 1 fully saturated rings. The normalized spacial score (nSPS) is 15.3. The molecule has 11 heteroatoms. The van der Waals surface area contributed by atoms with Crippen LogP contribution in [0.3, 0.4) is 0 Å². The number of hydrogen-bond acceptors (Lipinski definition) is 9. The van der Waals surface area contributed by atoms with Crippen LogP contribution in [-0.2, 0) is 0 Å². The molecule has 1 saturated heterocycles. The predicted molar refractivity (Wildman–Crippen MR) is 144 cm³/mol. The fourth-order valence-electron chi connectivity index (χ4n) is 4.52. The Morgan fingerprint density at radius 1 is 1.13 bits per heavy atom. The summed E-state index contributed by atoms with van der Waals surface area (Å²) in [6.45, 7) is 7.81. The Hall–Kier alpha value is -3.60. The zero-order valence-electron chi connectivity index (χ0n) is 22.1. The number of aromatic nitrogens is 4. The van der Waals surface area contributed by atoms with Gasteiger partial charge < -0.3 is 19.1 Å². The quantitative estimate of drug-likeness (QED) is 0.309. The van der Waals surface area contributed by atoms with E-state index in [2.05, 4.69) is 31.9 Å². The number of rotatable bonds is 7. The molecule has 0 radical (unpaired) electrons. The number of fused-ring (bicyclic) bond motifs is 1. The molecule has 0 N–H and O–H groups in total. The highest BCUT2D eigenvalue weighted by molar-refractivity contribution is 7.19. The van der Waals surface area contributed by atoms with Crippen molar-refractivity contribution >= 4 is 33.6 Å². The number of benzene rings is 1. The van der Waals surface area contributed by atoms with Gasteiger partial charge in [0.1, 0.15) is 22.3 Å². The van der Waals surface area contributed by atoms with Gasteiger partial charge in [0, 0.05) is 44.2 Å². The van der Waals surface area contributed by atoms with Crippen LogP contribution in [0, 0.1) is 11.7 Å². The second-order valence-corrected chi connectivity index (χ2v) is 11.1. The van der Waals surface area contributed by atoms with Gasteiger partial charge in [0.15, 0.2) is 5.82 Å². The van der Waals surface area contributed by atoms with E-state index in [4.69, 9.17) is 9.26 Å². The molecule has 3 aromatic heterocycles. The van der Waals surface area contributed by atoms with Crippen molar-refractivity contribution in [1.82, 2.24) is 25.0 Å². The molecule has 1 unspecified atom stereocenters. The largest absolute Gasteiger partial charge is 0.467 e. The number of piperidine rings is 1. The van der Waals surface area contributed by atoms with E-state index in [1.807, 2.05) is 19.9 Å².